The third-order valence-electron chi connectivity index (χ3n) is 3.61. The van der Waals surface area contributed by atoms with Crippen LogP contribution in [0.25, 0.3) is 0 Å². The number of nitrogens with one attached hydrogen (secondary N) is 2. The van der Waals surface area contributed by atoms with E-state index in [2.05, 4.69) is 30.5 Å². The molecule has 0 radical (unpaired) electrons. The minimum atomic E-state index is 0.125. The molecule has 0 saturated carbocycles. The van der Waals surface area contributed by atoms with Crippen LogP contribution in [0, 0.1) is 0 Å². The molecule has 1 atom stereocenters. The molecule has 0 aromatic heterocycles. The molecule has 0 saturated heterocycles. The van der Waals surface area contributed by atoms with E-state index in [4.69, 9.17) is 17.0 Å². The number of rotatable bonds is 5. The van der Waals surface area contributed by atoms with Crippen LogP contribution in [-0.4, -0.2) is 12.2 Å². The Kier molecular flexibility index (Phi) is 5.78. The lowest BCUT2D eigenvalue weighted by atomic mass is 10.1. The molecule has 2 N–H and O–H groups in total. The van der Waals surface area contributed by atoms with Gasteiger partial charge in [-0.05, 0) is 54.9 Å². The summed E-state index contributed by atoms with van der Waals surface area (Å²) in [6.45, 7) is 4.22. The van der Waals surface area contributed by atoms with Crippen molar-refractivity contribution in [3.05, 3.63) is 59.7 Å². The van der Waals surface area contributed by atoms with Gasteiger partial charge < -0.3 is 15.4 Å². The molecule has 22 heavy (non-hydrogen) atoms. The van der Waals surface area contributed by atoms with Crippen molar-refractivity contribution in [2.75, 3.05) is 12.4 Å². The highest BCUT2D eigenvalue weighted by Gasteiger charge is 2.08. The number of ether oxygens (including phenoxy) is 1. The number of methoxy groups -OCH3 is 1. The van der Waals surface area contributed by atoms with Crippen LogP contribution >= 0.6 is 12.2 Å². The quantitative estimate of drug-likeness (QED) is 0.806. The molecule has 0 aliphatic carbocycles. The van der Waals surface area contributed by atoms with Crippen LogP contribution in [0.1, 0.15) is 31.0 Å². The van der Waals surface area contributed by atoms with Crippen molar-refractivity contribution < 1.29 is 4.74 Å². The van der Waals surface area contributed by atoms with Gasteiger partial charge in [-0.15, -0.1) is 0 Å². The summed E-state index contributed by atoms with van der Waals surface area (Å²) in [5.74, 6) is 0.855. The summed E-state index contributed by atoms with van der Waals surface area (Å²) in [5.41, 5.74) is 3.47. The summed E-state index contributed by atoms with van der Waals surface area (Å²) in [4.78, 5) is 0. The monoisotopic (exact) mass is 314 g/mol. The first kappa shape index (κ1) is 16.3. The van der Waals surface area contributed by atoms with E-state index in [9.17, 15) is 0 Å². The molecule has 0 bridgehead atoms. The second-order valence-electron chi connectivity index (χ2n) is 5.10. The van der Waals surface area contributed by atoms with Gasteiger partial charge in [-0.25, -0.2) is 0 Å². The SMILES string of the molecule is CCc1ccccc1NC(=S)NC(C)c1ccc(OC)cc1. The zero-order valence-corrected chi connectivity index (χ0v) is 14.0. The van der Waals surface area contributed by atoms with Crippen LogP contribution in [0.5, 0.6) is 5.75 Å². The van der Waals surface area contributed by atoms with Crippen molar-refractivity contribution in [2.45, 2.75) is 26.3 Å². The molecule has 0 heterocycles. The highest BCUT2D eigenvalue weighted by molar-refractivity contribution is 7.80. The first-order chi connectivity index (χ1) is 10.6. The Hall–Kier alpha value is -2.07. The van der Waals surface area contributed by atoms with Crippen LogP contribution in [0.2, 0.25) is 0 Å². The second kappa shape index (κ2) is 7.80. The lowest BCUT2D eigenvalue weighted by Gasteiger charge is -2.19. The maximum absolute atomic E-state index is 5.42. The molecule has 0 aliphatic rings. The van der Waals surface area contributed by atoms with Crippen LogP contribution in [-0.2, 0) is 6.42 Å². The van der Waals surface area contributed by atoms with Gasteiger partial charge >= 0.3 is 0 Å². The van der Waals surface area contributed by atoms with Crippen molar-refractivity contribution in [1.82, 2.24) is 5.32 Å². The van der Waals surface area contributed by atoms with Crippen LogP contribution < -0.4 is 15.4 Å². The van der Waals surface area contributed by atoms with E-state index in [1.54, 1.807) is 7.11 Å². The number of aryl methyl sites for hydroxylation is 1. The van der Waals surface area contributed by atoms with E-state index >= 15 is 0 Å². The van der Waals surface area contributed by atoms with Gasteiger partial charge in [0, 0.05) is 5.69 Å². The molecule has 0 fully saturated rings. The normalized spacial score (nSPS) is 11.6. The number of hydrogen-bond donors (Lipinski definition) is 2. The fourth-order valence-corrected chi connectivity index (χ4v) is 2.57. The van der Waals surface area contributed by atoms with Crippen LogP contribution in [0.15, 0.2) is 48.5 Å². The summed E-state index contributed by atoms with van der Waals surface area (Å²) < 4.78 is 5.18. The van der Waals surface area contributed by atoms with Gasteiger partial charge in [0.25, 0.3) is 0 Å². The molecular formula is C18H22N2OS. The van der Waals surface area contributed by atoms with Crippen molar-refractivity contribution in [2.24, 2.45) is 0 Å². The Morgan fingerprint density at radius 3 is 2.45 bits per heavy atom. The van der Waals surface area contributed by atoms with Crippen molar-refractivity contribution >= 4 is 23.0 Å². The minimum absolute atomic E-state index is 0.125. The molecular weight excluding hydrogens is 292 g/mol. The number of benzene rings is 2. The van der Waals surface area contributed by atoms with Crippen LogP contribution in [0.4, 0.5) is 5.69 Å². The van der Waals surface area contributed by atoms with E-state index < -0.39 is 0 Å². The number of para-hydroxylation sites is 1. The highest BCUT2D eigenvalue weighted by atomic mass is 32.1. The molecule has 2 aromatic rings. The predicted octanol–water partition coefficient (Wildman–Crippen LogP) is 4.31. The van der Waals surface area contributed by atoms with Gasteiger partial charge in [-0.1, -0.05) is 37.3 Å². The third kappa shape index (κ3) is 4.21. The highest BCUT2D eigenvalue weighted by Crippen LogP contribution is 2.18. The van der Waals surface area contributed by atoms with E-state index in [1.807, 2.05) is 42.5 Å². The van der Waals surface area contributed by atoms with Gasteiger partial charge in [0.2, 0.25) is 0 Å². The van der Waals surface area contributed by atoms with Crippen molar-refractivity contribution in [3.63, 3.8) is 0 Å². The average molecular weight is 314 g/mol. The number of anilines is 1. The van der Waals surface area contributed by atoms with E-state index in [0.29, 0.717) is 5.11 Å². The first-order valence-corrected chi connectivity index (χ1v) is 7.84. The Balaban J connectivity index is 1.98. The largest absolute Gasteiger partial charge is 0.497 e. The van der Waals surface area contributed by atoms with Gasteiger partial charge in [0.05, 0.1) is 13.2 Å². The molecule has 2 rings (SSSR count). The minimum Gasteiger partial charge on any atom is -0.497 e. The lowest BCUT2D eigenvalue weighted by Crippen LogP contribution is -2.31. The van der Waals surface area contributed by atoms with Crippen molar-refractivity contribution in [3.8, 4) is 5.75 Å². The fourth-order valence-electron chi connectivity index (χ4n) is 2.28. The molecule has 116 valence electrons. The van der Waals surface area contributed by atoms with Gasteiger partial charge in [-0.2, -0.15) is 0 Å². The summed E-state index contributed by atoms with van der Waals surface area (Å²) in [6, 6.07) is 16.3. The Bertz CT molecular complexity index is 625. The van der Waals surface area contributed by atoms with E-state index in [1.165, 1.54) is 5.56 Å². The van der Waals surface area contributed by atoms with E-state index in [0.717, 1.165) is 23.4 Å². The molecule has 0 aliphatic heterocycles. The third-order valence-corrected chi connectivity index (χ3v) is 3.83. The molecule has 0 spiro atoms. The van der Waals surface area contributed by atoms with Gasteiger partial charge in [0.15, 0.2) is 5.11 Å². The van der Waals surface area contributed by atoms with E-state index in [-0.39, 0.29) is 6.04 Å². The molecule has 0 amide bonds. The first-order valence-electron chi connectivity index (χ1n) is 7.43. The Morgan fingerprint density at radius 1 is 1.14 bits per heavy atom. The average Bonchev–Trinajstić information content (AvgIpc) is 2.55. The second-order valence-corrected chi connectivity index (χ2v) is 5.51. The fraction of sp³-hybridized carbons (Fsp3) is 0.278. The topological polar surface area (TPSA) is 33.3 Å². The summed E-state index contributed by atoms with van der Waals surface area (Å²) >= 11 is 5.42. The Labute approximate surface area is 137 Å². The van der Waals surface area contributed by atoms with Crippen LogP contribution in [0.3, 0.4) is 0 Å². The van der Waals surface area contributed by atoms with Crippen molar-refractivity contribution in [1.29, 1.82) is 0 Å². The molecule has 1 unspecified atom stereocenters. The summed E-state index contributed by atoms with van der Waals surface area (Å²) in [7, 11) is 1.67. The molecule has 4 heteroatoms. The lowest BCUT2D eigenvalue weighted by molar-refractivity contribution is 0.414. The zero-order valence-electron chi connectivity index (χ0n) is 13.2. The molecule has 2 aromatic carbocycles. The number of hydrogen-bond acceptors (Lipinski definition) is 2. The zero-order chi connectivity index (χ0) is 15.9. The summed E-state index contributed by atoms with van der Waals surface area (Å²) in [6.07, 6.45) is 0.972. The van der Waals surface area contributed by atoms with Gasteiger partial charge in [-0.3, -0.25) is 0 Å². The molecule has 3 nitrogen and oxygen atoms in total. The maximum Gasteiger partial charge on any atom is 0.171 e. The predicted molar refractivity (Wildman–Crippen MR) is 96.6 cm³/mol. The standard InChI is InChI=1S/C18H22N2OS/c1-4-14-7-5-6-8-17(14)20-18(22)19-13(2)15-9-11-16(21-3)12-10-15/h5-13H,4H2,1-3H3,(H2,19,20,22). The number of thiocarbonyl (C=S) groups is 1. The summed E-state index contributed by atoms with van der Waals surface area (Å²) in [5, 5.41) is 7.22. The van der Waals surface area contributed by atoms with Gasteiger partial charge in [0.1, 0.15) is 5.75 Å². The maximum atomic E-state index is 5.42. The smallest absolute Gasteiger partial charge is 0.171 e. The Morgan fingerprint density at radius 2 is 1.82 bits per heavy atom.